The summed E-state index contributed by atoms with van der Waals surface area (Å²) < 4.78 is 64.1. The van der Waals surface area contributed by atoms with Crippen LogP contribution >= 0.6 is 0 Å². The van der Waals surface area contributed by atoms with Gasteiger partial charge in [-0.2, -0.15) is 16.8 Å². The van der Waals surface area contributed by atoms with Crippen molar-refractivity contribution in [2.24, 2.45) is 0 Å². The molecule has 0 bridgehead atoms. The van der Waals surface area contributed by atoms with Crippen molar-refractivity contribution in [3.05, 3.63) is 106 Å². The lowest BCUT2D eigenvalue weighted by Gasteiger charge is -2.13. The Hall–Kier alpha value is -3.04. The number of allylic oxidation sites excluding steroid dienone is 8. The molecule has 0 saturated heterocycles. The fraction of sp³-hybridized carbons (Fsp3) is 0.120. The molecule has 0 atom stereocenters. The van der Waals surface area contributed by atoms with Crippen LogP contribution in [0.5, 0.6) is 0 Å². The predicted molar refractivity (Wildman–Crippen MR) is 134 cm³/mol. The van der Waals surface area contributed by atoms with E-state index in [1.807, 2.05) is 48.5 Å². The SMILES string of the molecule is C=C(/C=C\C(=C/C)c1cc(C(=C/C)/C=C(\C)S(=O)(=O)O)cc(-c2ccccc2)c1)S(=O)(=O)O. The second kappa shape index (κ2) is 10.7. The van der Waals surface area contributed by atoms with Crippen molar-refractivity contribution in [3.63, 3.8) is 0 Å². The van der Waals surface area contributed by atoms with Crippen LogP contribution in [-0.2, 0) is 20.2 Å². The Bertz CT molecular complexity index is 1380. The molecule has 174 valence electrons. The van der Waals surface area contributed by atoms with E-state index >= 15 is 0 Å². The third-order valence-electron chi connectivity index (χ3n) is 4.87. The highest BCUT2D eigenvalue weighted by atomic mass is 32.2. The lowest BCUT2D eigenvalue weighted by Crippen LogP contribution is -1.99. The van der Waals surface area contributed by atoms with Gasteiger partial charge in [0.2, 0.25) is 0 Å². The molecule has 0 spiro atoms. The monoisotopic (exact) mass is 486 g/mol. The summed E-state index contributed by atoms with van der Waals surface area (Å²) in [7, 11) is -8.73. The average Bonchev–Trinajstić information content (AvgIpc) is 2.76. The zero-order chi connectivity index (χ0) is 24.8. The Kier molecular flexibility index (Phi) is 8.51. The molecule has 0 heterocycles. The summed E-state index contributed by atoms with van der Waals surface area (Å²) in [6.07, 6.45) is 7.62. The molecule has 33 heavy (non-hydrogen) atoms. The molecule has 0 unspecified atom stereocenters. The second-order valence-electron chi connectivity index (χ2n) is 7.16. The van der Waals surface area contributed by atoms with E-state index in [1.54, 1.807) is 26.0 Å². The lowest BCUT2D eigenvalue weighted by atomic mass is 9.92. The molecule has 2 N–H and O–H groups in total. The van der Waals surface area contributed by atoms with Gasteiger partial charge in [-0.1, -0.05) is 55.1 Å². The number of hydrogen-bond donors (Lipinski definition) is 2. The summed E-state index contributed by atoms with van der Waals surface area (Å²) >= 11 is 0. The van der Waals surface area contributed by atoms with Gasteiger partial charge in [0.05, 0.1) is 9.81 Å². The first kappa shape index (κ1) is 26.2. The van der Waals surface area contributed by atoms with Crippen LogP contribution in [0.2, 0.25) is 0 Å². The fourth-order valence-electron chi connectivity index (χ4n) is 3.01. The summed E-state index contributed by atoms with van der Waals surface area (Å²) in [5.74, 6) is 0. The highest BCUT2D eigenvalue weighted by Crippen LogP contribution is 2.31. The van der Waals surface area contributed by atoms with Gasteiger partial charge in [0.25, 0.3) is 20.2 Å². The molecule has 0 radical (unpaired) electrons. The number of hydrogen-bond acceptors (Lipinski definition) is 4. The maximum absolute atomic E-state index is 11.5. The van der Waals surface area contributed by atoms with Gasteiger partial charge in [-0.15, -0.1) is 0 Å². The molecule has 8 heteroatoms. The molecule has 0 aliphatic heterocycles. The first-order valence-electron chi connectivity index (χ1n) is 9.91. The quantitative estimate of drug-likeness (QED) is 0.355. The topological polar surface area (TPSA) is 109 Å². The Morgan fingerprint density at radius 2 is 1.33 bits per heavy atom. The molecule has 0 fully saturated rings. The molecule has 0 aliphatic carbocycles. The first-order valence-corrected chi connectivity index (χ1v) is 12.8. The summed E-state index contributed by atoms with van der Waals surface area (Å²) in [6, 6.07) is 15.2. The van der Waals surface area contributed by atoms with E-state index in [2.05, 4.69) is 6.58 Å². The van der Waals surface area contributed by atoms with Crippen LogP contribution < -0.4 is 0 Å². The van der Waals surface area contributed by atoms with Crippen LogP contribution in [0, 0.1) is 0 Å². The van der Waals surface area contributed by atoms with E-state index in [4.69, 9.17) is 4.55 Å². The Labute approximate surface area is 195 Å². The van der Waals surface area contributed by atoms with Crippen LogP contribution in [0.1, 0.15) is 31.9 Å². The van der Waals surface area contributed by atoms with Crippen molar-refractivity contribution < 1.29 is 25.9 Å². The van der Waals surface area contributed by atoms with Crippen LogP contribution in [0.15, 0.2) is 95.3 Å². The standard InChI is InChI=1S/C25H26O6S2/c1-5-20(13-12-18(3)32(26,27)28)23-15-24(21(6-2)14-19(4)33(29,30)31)17-25(16-23)22-10-8-7-9-11-22/h5-17H,3H2,1-2,4H3,(H,26,27,28)(H,29,30,31)/b13-12-,19-14+,20-5+,21-6+. The summed E-state index contributed by atoms with van der Waals surface area (Å²) in [6.45, 7) is 8.20. The summed E-state index contributed by atoms with van der Waals surface area (Å²) in [5.41, 5.74) is 4.43. The summed E-state index contributed by atoms with van der Waals surface area (Å²) in [4.78, 5) is -0.639. The molecule has 0 aliphatic rings. The van der Waals surface area contributed by atoms with E-state index in [9.17, 15) is 21.4 Å². The number of rotatable bonds is 8. The minimum absolute atomic E-state index is 0.196. The highest BCUT2D eigenvalue weighted by molar-refractivity contribution is 7.90. The molecular weight excluding hydrogens is 460 g/mol. The van der Waals surface area contributed by atoms with E-state index in [1.165, 1.54) is 25.2 Å². The average molecular weight is 487 g/mol. The third kappa shape index (κ3) is 7.23. The normalized spacial score (nSPS) is 14.0. The molecule has 0 aromatic heterocycles. The van der Waals surface area contributed by atoms with Crippen LogP contribution in [0.25, 0.3) is 22.3 Å². The Balaban J connectivity index is 2.71. The van der Waals surface area contributed by atoms with Crippen LogP contribution in [0.4, 0.5) is 0 Å². The molecular formula is C25H26O6S2. The molecule has 0 saturated carbocycles. The smallest absolute Gasteiger partial charge is 0.282 e. The van der Waals surface area contributed by atoms with Crippen molar-refractivity contribution in [1.82, 2.24) is 0 Å². The van der Waals surface area contributed by atoms with Gasteiger partial charge >= 0.3 is 0 Å². The van der Waals surface area contributed by atoms with E-state index in [-0.39, 0.29) is 4.91 Å². The van der Waals surface area contributed by atoms with Gasteiger partial charge < -0.3 is 0 Å². The fourth-order valence-corrected chi connectivity index (χ4v) is 3.53. The zero-order valence-corrected chi connectivity index (χ0v) is 20.2. The first-order chi connectivity index (χ1) is 15.4. The lowest BCUT2D eigenvalue weighted by molar-refractivity contribution is 0.489. The van der Waals surface area contributed by atoms with Crippen LogP contribution in [-0.4, -0.2) is 25.9 Å². The number of benzene rings is 2. The maximum atomic E-state index is 11.5. The second-order valence-corrected chi connectivity index (χ2v) is 10.2. The third-order valence-corrected chi connectivity index (χ3v) is 6.60. The van der Waals surface area contributed by atoms with E-state index in [0.29, 0.717) is 16.7 Å². The van der Waals surface area contributed by atoms with Gasteiger partial charge in [-0.05, 0) is 84.5 Å². The largest absolute Gasteiger partial charge is 0.293 e. The molecule has 0 amide bonds. The van der Waals surface area contributed by atoms with Gasteiger partial charge in [0.1, 0.15) is 0 Å². The van der Waals surface area contributed by atoms with Crippen LogP contribution in [0.3, 0.4) is 0 Å². The van der Waals surface area contributed by atoms with Gasteiger partial charge in [-0.25, -0.2) is 0 Å². The van der Waals surface area contributed by atoms with Crippen molar-refractivity contribution in [2.45, 2.75) is 20.8 Å². The molecule has 2 rings (SSSR count). The predicted octanol–water partition coefficient (Wildman–Crippen LogP) is 5.91. The Morgan fingerprint density at radius 1 is 0.788 bits per heavy atom. The van der Waals surface area contributed by atoms with Crippen molar-refractivity contribution >= 4 is 31.4 Å². The highest BCUT2D eigenvalue weighted by Gasteiger charge is 2.12. The molecule has 2 aromatic carbocycles. The molecule has 2 aromatic rings. The summed E-state index contributed by atoms with van der Waals surface area (Å²) in [5, 5.41) is 0. The van der Waals surface area contributed by atoms with E-state index in [0.717, 1.165) is 16.7 Å². The van der Waals surface area contributed by atoms with Gasteiger partial charge in [0, 0.05) is 0 Å². The zero-order valence-electron chi connectivity index (χ0n) is 18.6. The van der Waals surface area contributed by atoms with E-state index < -0.39 is 25.1 Å². The Morgan fingerprint density at radius 3 is 1.82 bits per heavy atom. The molecule has 6 nitrogen and oxygen atoms in total. The van der Waals surface area contributed by atoms with Crippen molar-refractivity contribution in [3.8, 4) is 11.1 Å². The van der Waals surface area contributed by atoms with Gasteiger partial charge in [0.15, 0.2) is 0 Å². The van der Waals surface area contributed by atoms with Crippen molar-refractivity contribution in [1.29, 1.82) is 0 Å². The van der Waals surface area contributed by atoms with Crippen molar-refractivity contribution in [2.75, 3.05) is 0 Å². The maximum Gasteiger partial charge on any atom is 0.293 e. The minimum atomic E-state index is -4.40. The van der Waals surface area contributed by atoms with Gasteiger partial charge in [-0.3, -0.25) is 9.11 Å². The minimum Gasteiger partial charge on any atom is -0.282 e.